The summed E-state index contributed by atoms with van der Waals surface area (Å²) in [6.45, 7) is 7.25. The maximum atomic E-state index is 10.9. The Labute approximate surface area is 84.2 Å². The molecule has 0 amide bonds. The van der Waals surface area contributed by atoms with Crippen molar-refractivity contribution in [3.63, 3.8) is 0 Å². The molecule has 0 aromatic heterocycles. The number of nitrogens with zero attached hydrogens (tertiary/aromatic N) is 2. The summed E-state index contributed by atoms with van der Waals surface area (Å²) in [4.78, 5) is 10.9. The molecular formula is C9H17N3O2. The van der Waals surface area contributed by atoms with Gasteiger partial charge in [0.2, 0.25) is 0 Å². The summed E-state index contributed by atoms with van der Waals surface area (Å²) in [6.07, 6.45) is 1.58. The number of esters is 1. The predicted molar refractivity (Wildman–Crippen MR) is 55.4 cm³/mol. The van der Waals surface area contributed by atoms with Crippen molar-refractivity contribution < 1.29 is 9.53 Å². The number of rotatable bonds is 5. The van der Waals surface area contributed by atoms with Gasteiger partial charge in [0, 0.05) is 18.6 Å². The molecule has 2 N–H and O–H groups in total. The van der Waals surface area contributed by atoms with E-state index in [1.807, 2.05) is 13.8 Å². The number of allylic oxidation sites excluding steroid dienone is 1. The normalized spacial score (nSPS) is 11.3. The minimum absolute atomic E-state index is 0.0213. The lowest BCUT2D eigenvalue weighted by atomic mass is 10.2. The van der Waals surface area contributed by atoms with E-state index < -0.39 is 0 Å². The molecule has 0 unspecified atom stereocenters. The fourth-order valence-electron chi connectivity index (χ4n) is 0.654. The zero-order valence-electron chi connectivity index (χ0n) is 8.86. The fraction of sp³-hybridized carbons (Fsp3) is 0.556. The van der Waals surface area contributed by atoms with E-state index in [4.69, 9.17) is 5.73 Å². The second-order valence-corrected chi connectivity index (χ2v) is 3.10. The molecule has 0 aromatic carbocycles. The van der Waals surface area contributed by atoms with Crippen LogP contribution in [0.4, 0.5) is 0 Å². The van der Waals surface area contributed by atoms with Gasteiger partial charge in [-0.3, -0.25) is 9.80 Å². The Morgan fingerprint density at radius 2 is 2.29 bits per heavy atom. The molecule has 0 fully saturated rings. The molecule has 14 heavy (non-hydrogen) atoms. The first kappa shape index (κ1) is 12.5. The Morgan fingerprint density at radius 3 is 2.64 bits per heavy atom. The Balaban J connectivity index is 4.35. The van der Waals surface area contributed by atoms with Crippen LogP contribution in [0.25, 0.3) is 0 Å². The van der Waals surface area contributed by atoms with Crippen molar-refractivity contribution in [3.8, 4) is 0 Å². The molecule has 0 saturated carbocycles. The van der Waals surface area contributed by atoms with Crippen molar-refractivity contribution >= 4 is 12.7 Å². The first-order valence-electron chi connectivity index (χ1n) is 4.28. The second kappa shape index (κ2) is 6.01. The first-order chi connectivity index (χ1) is 6.51. The third-order valence-corrected chi connectivity index (χ3v) is 1.67. The fourth-order valence-corrected chi connectivity index (χ4v) is 0.654. The molecule has 0 aromatic rings. The van der Waals surface area contributed by atoms with E-state index in [1.54, 1.807) is 6.20 Å². The van der Waals surface area contributed by atoms with Crippen molar-refractivity contribution in [2.45, 2.75) is 13.8 Å². The Morgan fingerprint density at radius 1 is 1.71 bits per heavy atom. The van der Waals surface area contributed by atoms with Crippen LogP contribution in [0.3, 0.4) is 0 Å². The van der Waals surface area contributed by atoms with Crippen LogP contribution in [0, 0.1) is 5.92 Å². The van der Waals surface area contributed by atoms with E-state index >= 15 is 0 Å². The van der Waals surface area contributed by atoms with Gasteiger partial charge in [0.25, 0.3) is 0 Å². The SMILES string of the molecule is C=NN(/C=C(\N)C(C)C)CC(=O)OC. The highest BCUT2D eigenvalue weighted by molar-refractivity contribution is 5.71. The van der Waals surface area contributed by atoms with E-state index in [0.29, 0.717) is 5.70 Å². The molecule has 0 bridgehead atoms. The summed E-state index contributed by atoms with van der Waals surface area (Å²) in [5, 5.41) is 4.97. The van der Waals surface area contributed by atoms with E-state index in [0.717, 1.165) is 0 Å². The van der Waals surface area contributed by atoms with Gasteiger partial charge in [-0.1, -0.05) is 13.8 Å². The van der Waals surface area contributed by atoms with Crippen LogP contribution in [0.5, 0.6) is 0 Å². The lowest BCUT2D eigenvalue weighted by Gasteiger charge is -2.14. The van der Waals surface area contributed by atoms with Crippen LogP contribution >= 0.6 is 0 Å². The van der Waals surface area contributed by atoms with E-state index in [9.17, 15) is 4.79 Å². The molecule has 0 rings (SSSR count). The number of hydrogen-bond acceptors (Lipinski definition) is 5. The smallest absolute Gasteiger partial charge is 0.327 e. The number of carbonyl (C=O) groups is 1. The lowest BCUT2D eigenvalue weighted by Crippen LogP contribution is -2.23. The summed E-state index contributed by atoms with van der Waals surface area (Å²) < 4.78 is 4.49. The zero-order chi connectivity index (χ0) is 11.1. The third kappa shape index (κ3) is 4.49. The quantitative estimate of drug-likeness (QED) is 0.398. The van der Waals surface area contributed by atoms with Gasteiger partial charge in [0.05, 0.1) is 7.11 Å². The first-order valence-corrected chi connectivity index (χ1v) is 4.28. The Hall–Kier alpha value is -1.52. The van der Waals surface area contributed by atoms with E-state index in [2.05, 4.69) is 16.6 Å². The van der Waals surface area contributed by atoms with Gasteiger partial charge < -0.3 is 10.5 Å². The summed E-state index contributed by atoms with van der Waals surface area (Å²) in [5.74, 6) is -0.179. The number of hydrazone groups is 1. The molecule has 0 aliphatic heterocycles. The molecule has 0 saturated heterocycles. The zero-order valence-corrected chi connectivity index (χ0v) is 8.86. The van der Waals surface area contributed by atoms with Gasteiger partial charge in [0.1, 0.15) is 6.54 Å². The molecule has 0 atom stereocenters. The maximum absolute atomic E-state index is 10.9. The van der Waals surface area contributed by atoms with Crippen LogP contribution < -0.4 is 5.73 Å². The summed E-state index contributed by atoms with van der Waals surface area (Å²) in [7, 11) is 1.32. The Bertz CT molecular complexity index is 236. The molecule has 0 radical (unpaired) electrons. The number of carbonyl (C=O) groups excluding carboxylic acids is 1. The number of ether oxygens (including phenoxy) is 1. The molecule has 0 spiro atoms. The molecule has 0 heterocycles. The molecule has 5 nitrogen and oxygen atoms in total. The molecule has 80 valence electrons. The number of methoxy groups -OCH3 is 1. The van der Waals surface area contributed by atoms with Gasteiger partial charge in [-0.05, 0) is 5.92 Å². The summed E-state index contributed by atoms with van der Waals surface area (Å²) in [6, 6.07) is 0. The van der Waals surface area contributed by atoms with Gasteiger partial charge >= 0.3 is 5.97 Å². The minimum Gasteiger partial charge on any atom is -0.468 e. The van der Waals surface area contributed by atoms with Crippen LogP contribution in [0.2, 0.25) is 0 Å². The molecule has 0 aliphatic carbocycles. The minimum atomic E-state index is -0.384. The van der Waals surface area contributed by atoms with E-state index in [-0.39, 0.29) is 18.4 Å². The topological polar surface area (TPSA) is 67.9 Å². The van der Waals surface area contributed by atoms with Gasteiger partial charge in [0.15, 0.2) is 0 Å². The number of hydrogen-bond donors (Lipinski definition) is 1. The van der Waals surface area contributed by atoms with E-state index in [1.165, 1.54) is 12.1 Å². The van der Waals surface area contributed by atoms with Crippen molar-refractivity contribution in [1.29, 1.82) is 0 Å². The summed E-state index contributed by atoms with van der Waals surface area (Å²) >= 11 is 0. The third-order valence-electron chi connectivity index (χ3n) is 1.67. The average Bonchev–Trinajstić information content (AvgIpc) is 2.16. The lowest BCUT2D eigenvalue weighted by molar-refractivity contribution is -0.141. The molecular weight excluding hydrogens is 182 g/mol. The summed E-state index contributed by atoms with van der Waals surface area (Å²) in [5.41, 5.74) is 6.33. The highest BCUT2D eigenvalue weighted by atomic mass is 16.5. The molecule has 5 heteroatoms. The largest absolute Gasteiger partial charge is 0.468 e. The highest BCUT2D eigenvalue weighted by Crippen LogP contribution is 2.04. The number of nitrogens with two attached hydrogens (primary N) is 1. The van der Waals surface area contributed by atoms with Gasteiger partial charge in [-0.2, -0.15) is 5.10 Å². The van der Waals surface area contributed by atoms with Crippen molar-refractivity contribution in [1.82, 2.24) is 5.01 Å². The van der Waals surface area contributed by atoms with Gasteiger partial charge in [-0.15, -0.1) is 0 Å². The van der Waals surface area contributed by atoms with Crippen LogP contribution in [-0.2, 0) is 9.53 Å². The van der Waals surface area contributed by atoms with Crippen molar-refractivity contribution in [2.75, 3.05) is 13.7 Å². The predicted octanol–water partition coefficient (Wildman–Crippen LogP) is 0.533. The monoisotopic (exact) mass is 199 g/mol. The van der Waals surface area contributed by atoms with Crippen molar-refractivity contribution in [3.05, 3.63) is 11.9 Å². The van der Waals surface area contributed by atoms with Crippen LogP contribution in [0.1, 0.15) is 13.8 Å². The maximum Gasteiger partial charge on any atom is 0.327 e. The van der Waals surface area contributed by atoms with Crippen molar-refractivity contribution in [2.24, 2.45) is 16.8 Å². The molecule has 0 aliphatic rings. The average molecular weight is 199 g/mol. The highest BCUT2D eigenvalue weighted by Gasteiger charge is 2.07. The standard InChI is InChI=1S/C9H17N3O2/c1-7(2)8(10)5-12(11-3)6-9(13)14-4/h5,7H,3,6,10H2,1-2,4H3/b8-5-. The van der Waals surface area contributed by atoms with Crippen LogP contribution in [-0.4, -0.2) is 31.4 Å². The Kier molecular flexibility index (Phi) is 5.36. The van der Waals surface area contributed by atoms with Gasteiger partial charge in [-0.25, -0.2) is 0 Å². The van der Waals surface area contributed by atoms with Crippen LogP contribution in [0.15, 0.2) is 17.0 Å². The second-order valence-electron chi connectivity index (χ2n) is 3.10.